The van der Waals surface area contributed by atoms with Gasteiger partial charge in [0.15, 0.2) is 0 Å². The lowest BCUT2D eigenvalue weighted by atomic mass is 10.0. The normalized spacial score (nSPS) is 16.0. The topological polar surface area (TPSA) is 25.2 Å². The number of carbonyl (C=O) groups excluding carboxylic acids is 1. The molecule has 2 heterocycles. The van der Waals surface area contributed by atoms with E-state index in [4.69, 9.17) is 0 Å². The van der Waals surface area contributed by atoms with Crippen LogP contribution in [0.5, 0.6) is 0 Å². The fourth-order valence-electron chi connectivity index (χ4n) is 3.54. The van der Waals surface area contributed by atoms with Crippen LogP contribution < -0.4 is 0 Å². The Balaban J connectivity index is 1.68. The van der Waals surface area contributed by atoms with Gasteiger partial charge in [-0.2, -0.15) is 0 Å². The monoisotopic (exact) mass is 296 g/mol. The predicted octanol–water partition coefficient (Wildman–Crippen LogP) is 3.89. The quantitative estimate of drug-likeness (QED) is 0.825. The molecule has 1 aromatic heterocycles. The lowest BCUT2D eigenvalue weighted by molar-refractivity contribution is 0.0693. The number of aromatic nitrogens is 1. The van der Waals surface area contributed by atoms with E-state index in [1.807, 2.05) is 36.1 Å². The summed E-state index contributed by atoms with van der Waals surface area (Å²) in [7, 11) is 0. The molecule has 1 fully saturated rings. The summed E-state index contributed by atoms with van der Waals surface area (Å²) in [6, 6.07) is 12.8. The van der Waals surface area contributed by atoms with Crippen molar-refractivity contribution in [1.29, 1.82) is 0 Å². The van der Waals surface area contributed by atoms with Crippen LogP contribution in [0, 0.1) is 20.8 Å². The molecular formula is C19H24N2O. The van der Waals surface area contributed by atoms with Crippen molar-refractivity contribution in [2.75, 3.05) is 13.1 Å². The van der Waals surface area contributed by atoms with Crippen LogP contribution in [0.15, 0.2) is 36.4 Å². The number of amides is 1. The Morgan fingerprint density at radius 2 is 1.64 bits per heavy atom. The summed E-state index contributed by atoms with van der Waals surface area (Å²) < 4.78 is 2.43. The molecule has 0 N–H and O–H groups in total. The van der Waals surface area contributed by atoms with Crippen molar-refractivity contribution in [1.82, 2.24) is 9.47 Å². The Morgan fingerprint density at radius 1 is 1.00 bits per heavy atom. The second-order valence-corrected chi connectivity index (χ2v) is 6.38. The molecule has 1 aliphatic heterocycles. The SMILES string of the molecule is Cc1cccc(C(=O)N2CCC(n3c(C)ccc3C)CC2)c1. The van der Waals surface area contributed by atoms with Crippen molar-refractivity contribution < 1.29 is 4.79 Å². The minimum atomic E-state index is 0.170. The molecule has 0 aliphatic carbocycles. The molecule has 0 atom stereocenters. The van der Waals surface area contributed by atoms with E-state index in [2.05, 4.69) is 30.5 Å². The van der Waals surface area contributed by atoms with E-state index >= 15 is 0 Å². The average molecular weight is 296 g/mol. The van der Waals surface area contributed by atoms with Crippen molar-refractivity contribution >= 4 is 5.91 Å². The van der Waals surface area contributed by atoms with E-state index in [0.717, 1.165) is 37.1 Å². The second-order valence-electron chi connectivity index (χ2n) is 6.38. The van der Waals surface area contributed by atoms with Crippen LogP contribution >= 0.6 is 0 Å². The first-order valence-corrected chi connectivity index (χ1v) is 8.06. The van der Waals surface area contributed by atoms with Gasteiger partial charge in [0, 0.05) is 36.1 Å². The van der Waals surface area contributed by atoms with Gasteiger partial charge in [-0.15, -0.1) is 0 Å². The van der Waals surface area contributed by atoms with Gasteiger partial charge in [-0.1, -0.05) is 17.7 Å². The summed E-state index contributed by atoms with van der Waals surface area (Å²) in [4.78, 5) is 14.6. The van der Waals surface area contributed by atoms with Crippen LogP contribution in [0.1, 0.15) is 46.2 Å². The molecule has 0 unspecified atom stereocenters. The number of likely N-dealkylation sites (tertiary alicyclic amines) is 1. The van der Waals surface area contributed by atoms with E-state index in [1.54, 1.807) is 0 Å². The average Bonchev–Trinajstić information content (AvgIpc) is 2.86. The molecule has 1 aromatic carbocycles. The number of hydrogen-bond donors (Lipinski definition) is 0. The molecule has 22 heavy (non-hydrogen) atoms. The zero-order chi connectivity index (χ0) is 15.7. The first-order chi connectivity index (χ1) is 10.6. The molecule has 0 spiro atoms. The Morgan fingerprint density at radius 3 is 2.23 bits per heavy atom. The number of nitrogens with zero attached hydrogens (tertiary/aromatic N) is 2. The fourth-order valence-corrected chi connectivity index (χ4v) is 3.54. The lowest BCUT2D eigenvalue weighted by Crippen LogP contribution is -2.39. The number of benzene rings is 1. The number of hydrogen-bond acceptors (Lipinski definition) is 1. The lowest BCUT2D eigenvalue weighted by Gasteiger charge is -2.34. The zero-order valence-corrected chi connectivity index (χ0v) is 13.7. The molecule has 1 aliphatic rings. The van der Waals surface area contributed by atoms with Crippen LogP contribution in [0.2, 0.25) is 0 Å². The van der Waals surface area contributed by atoms with Gasteiger partial charge in [-0.25, -0.2) is 0 Å². The molecule has 3 nitrogen and oxygen atoms in total. The van der Waals surface area contributed by atoms with E-state index < -0.39 is 0 Å². The molecule has 3 rings (SSSR count). The molecule has 0 radical (unpaired) electrons. The van der Waals surface area contributed by atoms with Gasteiger partial charge in [-0.05, 0) is 57.9 Å². The molecule has 1 amide bonds. The third-order valence-corrected chi connectivity index (χ3v) is 4.71. The maximum absolute atomic E-state index is 12.6. The molecule has 0 bridgehead atoms. The van der Waals surface area contributed by atoms with Crippen molar-refractivity contribution in [2.24, 2.45) is 0 Å². The summed E-state index contributed by atoms with van der Waals surface area (Å²) >= 11 is 0. The van der Waals surface area contributed by atoms with Gasteiger partial charge in [-0.3, -0.25) is 4.79 Å². The molecule has 116 valence electrons. The van der Waals surface area contributed by atoms with Crippen LogP contribution in [0.3, 0.4) is 0 Å². The fraction of sp³-hybridized carbons (Fsp3) is 0.421. The maximum Gasteiger partial charge on any atom is 0.253 e. The van der Waals surface area contributed by atoms with Gasteiger partial charge in [0.05, 0.1) is 0 Å². The van der Waals surface area contributed by atoms with E-state index in [0.29, 0.717) is 6.04 Å². The van der Waals surface area contributed by atoms with E-state index in [1.165, 1.54) is 11.4 Å². The van der Waals surface area contributed by atoms with Gasteiger partial charge >= 0.3 is 0 Å². The first-order valence-electron chi connectivity index (χ1n) is 8.06. The summed E-state index contributed by atoms with van der Waals surface area (Å²) in [5, 5.41) is 0. The van der Waals surface area contributed by atoms with Crippen LogP contribution in [-0.4, -0.2) is 28.5 Å². The van der Waals surface area contributed by atoms with Crippen LogP contribution in [0.25, 0.3) is 0 Å². The van der Waals surface area contributed by atoms with Crippen molar-refractivity contribution in [3.05, 3.63) is 58.9 Å². The highest BCUT2D eigenvalue weighted by Gasteiger charge is 2.25. The standard InChI is InChI=1S/C19H24N2O/c1-14-5-4-6-17(13-14)19(22)20-11-9-18(10-12-20)21-15(2)7-8-16(21)3/h4-8,13,18H,9-12H2,1-3H3. The molecule has 1 saturated heterocycles. The Labute approximate surface area is 132 Å². The number of piperidine rings is 1. The van der Waals surface area contributed by atoms with Crippen molar-refractivity contribution in [2.45, 2.75) is 39.7 Å². The molecule has 2 aromatic rings. The second kappa shape index (κ2) is 5.99. The smallest absolute Gasteiger partial charge is 0.253 e. The minimum Gasteiger partial charge on any atom is -0.346 e. The Bertz CT molecular complexity index is 659. The van der Waals surface area contributed by atoms with Crippen LogP contribution in [-0.2, 0) is 0 Å². The van der Waals surface area contributed by atoms with Gasteiger partial charge in [0.1, 0.15) is 0 Å². The Hall–Kier alpha value is -2.03. The van der Waals surface area contributed by atoms with E-state index in [-0.39, 0.29) is 5.91 Å². The number of rotatable bonds is 2. The summed E-state index contributed by atoms with van der Waals surface area (Å²) in [6.07, 6.45) is 2.07. The van der Waals surface area contributed by atoms with Gasteiger partial charge in [0.2, 0.25) is 0 Å². The minimum absolute atomic E-state index is 0.170. The summed E-state index contributed by atoms with van der Waals surface area (Å²) in [5.74, 6) is 0.170. The predicted molar refractivity (Wildman–Crippen MR) is 89.3 cm³/mol. The summed E-state index contributed by atoms with van der Waals surface area (Å²) in [5.41, 5.74) is 4.59. The number of carbonyl (C=O) groups is 1. The van der Waals surface area contributed by atoms with Crippen molar-refractivity contribution in [3.63, 3.8) is 0 Å². The molecule has 0 saturated carbocycles. The highest BCUT2D eigenvalue weighted by atomic mass is 16.2. The first kappa shape index (κ1) is 14.9. The highest BCUT2D eigenvalue weighted by molar-refractivity contribution is 5.94. The van der Waals surface area contributed by atoms with Crippen molar-refractivity contribution in [3.8, 4) is 0 Å². The van der Waals surface area contributed by atoms with Crippen LogP contribution in [0.4, 0.5) is 0 Å². The Kier molecular flexibility index (Phi) is 4.06. The summed E-state index contributed by atoms with van der Waals surface area (Å²) in [6.45, 7) is 8.04. The zero-order valence-electron chi connectivity index (χ0n) is 13.7. The third-order valence-electron chi connectivity index (χ3n) is 4.71. The number of aryl methyl sites for hydroxylation is 3. The molecular weight excluding hydrogens is 272 g/mol. The van der Waals surface area contributed by atoms with Gasteiger partial charge < -0.3 is 9.47 Å². The highest BCUT2D eigenvalue weighted by Crippen LogP contribution is 2.27. The largest absolute Gasteiger partial charge is 0.346 e. The molecule has 3 heteroatoms. The van der Waals surface area contributed by atoms with Gasteiger partial charge in [0.25, 0.3) is 5.91 Å². The van der Waals surface area contributed by atoms with E-state index in [9.17, 15) is 4.79 Å². The third kappa shape index (κ3) is 2.80. The maximum atomic E-state index is 12.6.